The molecule has 3 aromatic heterocycles. The second kappa shape index (κ2) is 6.87. The second-order valence-electron chi connectivity index (χ2n) is 6.12. The Morgan fingerprint density at radius 1 is 1.15 bits per heavy atom. The molecule has 0 radical (unpaired) electrons. The van der Waals surface area contributed by atoms with Gasteiger partial charge in [-0.25, -0.2) is 9.78 Å². The predicted molar refractivity (Wildman–Crippen MR) is 101 cm³/mol. The zero-order chi connectivity index (χ0) is 18.8. The van der Waals surface area contributed by atoms with Crippen LogP contribution in [0, 0.1) is 0 Å². The molecule has 4 rings (SSSR count). The van der Waals surface area contributed by atoms with Gasteiger partial charge in [0, 0.05) is 36.5 Å². The Morgan fingerprint density at radius 2 is 1.93 bits per heavy atom. The molecule has 27 heavy (non-hydrogen) atoms. The highest BCUT2D eigenvalue weighted by Crippen LogP contribution is 2.24. The average molecular weight is 360 g/mol. The standard InChI is InChI=1S/C20H16N4O3/c1-24(12-14-10-18(23-27-14)13-6-8-21-9-7-13)19-11-16(20(25)26)15-4-2-3-5-17(15)22-19/h2-11H,12H2,1H3,(H,25,26). The number of fused-ring (bicyclic) bond motifs is 1. The maximum Gasteiger partial charge on any atom is 0.336 e. The van der Waals surface area contributed by atoms with E-state index < -0.39 is 5.97 Å². The molecule has 0 atom stereocenters. The number of pyridine rings is 2. The van der Waals surface area contributed by atoms with Crippen LogP contribution >= 0.6 is 0 Å². The number of aromatic nitrogens is 3. The molecule has 0 unspecified atom stereocenters. The first kappa shape index (κ1) is 16.7. The number of nitrogens with zero attached hydrogens (tertiary/aromatic N) is 4. The highest BCUT2D eigenvalue weighted by atomic mass is 16.5. The van der Waals surface area contributed by atoms with Gasteiger partial charge < -0.3 is 14.5 Å². The van der Waals surface area contributed by atoms with Gasteiger partial charge in [0.15, 0.2) is 5.76 Å². The number of carboxylic acids is 1. The first-order chi connectivity index (χ1) is 13.1. The summed E-state index contributed by atoms with van der Waals surface area (Å²) in [6.07, 6.45) is 3.39. The monoisotopic (exact) mass is 360 g/mol. The van der Waals surface area contributed by atoms with Gasteiger partial charge in [-0.3, -0.25) is 4.98 Å². The molecular weight excluding hydrogens is 344 g/mol. The number of para-hydroxylation sites is 1. The number of benzene rings is 1. The summed E-state index contributed by atoms with van der Waals surface area (Å²) in [4.78, 5) is 22.0. The summed E-state index contributed by atoms with van der Waals surface area (Å²) >= 11 is 0. The number of anilines is 1. The van der Waals surface area contributed by atoms with Crippen LogP contribution < -0.4 is 4.90 Å². The summed E-state index contributed by atoms with van der Waals surface area (Å²) in [6, 6.07) is 14.3. The van der Waals surface area contributed by atoms with Crippen LogP contribution in [0.25, 0.3) is 22.2 Å². The van der Waals surface area contributed by atoms with E-state index in [1.807, 2.05) is 36.2 Å². The molecule has 0 bridgehead atoms. The van der Waals surface area contributed by atoms with Crippen molar-refractivity contribution in [3.05, 3.63) is 72.2 Å². The van der Waals surface area contributed by atoms with Gasteiger partial charge in [-0.05, 0) is 24.3 Å². The van der Waals surface area contributed by atoms with E-state index in [0.29, 0.717) is 29.0 Å². The van der Waals surface area contributed by atoms with Crippen molar-refractivity contribution >= 4 is 22.7 Å². The fourth-order valence-corrected chi connectivity index (χ4v) is 2.89. The van der Waals surface area contributed by atoms with Crippen molar-refractivity contribution in [1.29, 1.82) is 0 Å². The van der Waals surface area contributed by atoms with Crippen molar-refractivity contribution < 1.29 is 14.4 Å². The van der Waals surface area contributed by atoms with Gasteiger partial charge in [0.05, 0.1) is 17.6 Å². The molecule has 0 saturated heterocycles. The van der Waals surface area contributed by atoms with Crippen LogP contribution in [0.4, 0.5) is 5.82 Å². The van der Waals surface area contributed by atoms with Crippen LogP contribution in [0.15, 0.2) is 65.4 Å². The lowest BCUT2D eigenvalue weighted by atomic mass is 10.1. The Morgan fingerprint density at radius 3 is 2.70 bits per heavy atom. The number of hydrogen-bond acceptors (Lipinski definition) is 6. The third kappa shape index (κ3) is 3.35. The van der Waals surface area contributed by atoms with Crippen molar-refractivity contribution in [2.45, 2.75) is 6.54 Å². The molecule has 0 amide bonds. The fourth-order valence-electron chi connectivity index (χ4n) is 2.89. The zero-order valence-corrected chi connectivity index (χ0v) is 14.5. The molecule has 1 N–H and O–H groups in total. The van der Waals surface area contributed by atoms with Crippen LogP contribution in [-0.4, -0.2) is 33.2 Å². The van der Waals surface area contributed by atoms with Crippen LogP contribution in [0.5, 0.6) is 0 Å². The van der Waals surface area contributed by atoms with Gasteiger partial charge >= 0.3 is 5.97 Å². The summed E-state index contributed by atoms with van der Waals surface area (Å²) in [7, 11) is 1.83. The lowest BCUT2D eigenvalue weighted by molar-refractivity contribution is 0.0699. The number of aromatic carboxylic acids is 1. The molecule has 1 aromatic carbocycles. The van der Waals surface area contributed by atoms with E-state index in [1.54, 1.807) is 36.7 Å². The smallest absolute Gasteiger partial charge is 0.336 e. The molecule has 0 fully saturated rings. The van der Waals surface area contributed by atoms with E-state index in [2.05, 4.69) is 15.1 Å². The van der Waals surface area contributed by atoms with E-state index in [0.717, 1.165) is 11.3 Å². The number of carbonyl (C=O) groups is 1. The molecule has 7 heteroatoms. The van der Waals surface area contributed by atoms with Crippen LogP contribution in [0.2, 0.25) is 0 Å². The predicted octanol–water partition coefficient (Wildman–Crippen LogP) is 3.62. The molecule has 0 spiro atoms. The van der Waals surface area contributed by atoms with Gasteiger partial charge in [0.1, 0.15) is 11.5 Å². The maximum absolute atomic E-state index is 11.6. The Labute approximate surface area is 154 Å². The van der Waals surface area contributed by atoms with E-state index in [4.69, 9.17) is 4.52 Å². The molecule has 4 aromatic rings. The Bertz CT molecular complexity index is 1110. The topological polar surface area (TPSA) is 92.4 Å². The van der Waals surface area contributed by atoms with Gasteiger partial charge in [-0.2, -0.15) is 0 Å². The lowest BCUT2D eigenvalue weighted by Gasteiger charge is -2.17. The maximum atomic E-state index is 11.6. The number of carboxylic acid groups (broad SMARTS) is 1. The minimum atomic E-state index is -0.983. The molecule has 0 aliphatic carbocycles. The fraction of sp³-hybridized carbons (Fsp3) is 0.100. The van der Waals surface area contributed by atoms with Crippen LogP contribution in [0.1, 0.15) is 16.1 Å². The SMILES string of the molecule is CN(Cc1cc(-c2ccncc2)no1)c1cc(C(=O)O)c2ccccc2n1. The minimum absolute atomic E-state index is 0.220. The molecule has 0 saturated carbocycles. The molecule has 7 nitrogen and oxygen atoms in total. The van der Waals surface area contributed by atoms with Gasteiger partial charge in [-0.15, -0.1) is 0 Å². The second-order valence-corrected chi connectivity index (χ2v) is 6.12. The van der Waals surface area contributed by atoms with E-state index in [-0.39, 0.29) is 5.56 Å². The first-order valence-corrected chi connectivity index (χ1v) is 8.32. The molecule has 0 aliphatic rings. The summed E-state index contributed by atoms with van der Waals surface area (Å²) < 4.78 is 5.42. The van der Waals surface area contributed by atoms with Crippen molar-refractivity contribution in [2.75, 3.05) is 11.9 Å². The van der Waals surface area contributed by atoms with E-state index in [9.17, 15) is 9.90 Å². The molecular formula is C20H16N4O3. The highest BCUT2D eigenvalue weighted by molar-refractivity contribution is 6.03. The first-order valence-electron chi connectivity index (χ1n) is 8.32. The molecule has 0 aliphatic heterocycles. The van der Waals surface area contributed by atoms with Crippen molar-refractivity contribution in [3.8, 4) is 11.3 Å². The Balaban J connectivity index is 1.63. The summed E-state index contributed by atoms with van der Waals surface area (Å²) in [5, 5.41) is 14.2. The van der Waals surface area contributed by atoms with Gasteiger partial charge in [-0.1, -0.05) is 23.4 Å². The number of hydrogen-bond donors (Lipinski definition) is 1. The average Bonchev–Trinajstić information content (AvgIpc) is 3.16. The summed E-state index contributed by atoms with van der Waals surface area (Å²) in [5.41, 5.74) is 2.49. The van der Waals surface area contributed by atoms with Crippen molar-refractivity contribution in [2.24, 2.45) is 0 Å². The zero-order valence-electron chi connectivity index (χ0n) is 14.5. The Kier molecular flexibility index (Phi) is 4.25. The summed E-state index contributed by atoms with van der Waals surface area (Å²) in [6.45, 7) is 0.405. The third-order valence-corrected chi connectivity index (χ3v) is 4.25. The number of rotatable bonds is 5. The van der Waals surface area contributed by atoms with Gasteiger partial charge in [0.25, 0.3) is 0 Å². The highest BCUT2D eigenvalue weighted by Gasteiger charge is 2.15. The van der Waals surface area contributed by atoms with Crippen molar-refractivity contribution in [3.63, 3.8) is 0 Å². The lowest BCUT2D eigenvalue weighted by Crippen LogP contribution is -2.18. The minimum Gasteiger partial charge on any atom is -0.478 e. The van der Waals surface area contributed by atoms with Crippen LogP contribution in [0.3, 0.4) is 0 Å². The van der Waals surface area contributed by atoms with Crippen molar-refractivity contribution in [1.82, 2.24) is 15.1 Å². The van der Waals surface area contributed by atoms with E-state index in [1.165, 1.54) is 0 Å². The quantitative estimate of drug-likeness (QED) is 0.581. The molecule has 3 heterocycles. The van der Waals surface area contributed by atoms with E-state index >= 15 is 0 Å². The molecule has 134 valence electrons. The summed E-state index contributed by atoms with van der Waals surface area (Å²) in [5.74, 6) is 0.215. The Hall–Kier alpha value is -3.74. The van der Waals surface area contributed by atoms with Crippen LogP contribution in [-0.2, 0) is 6.54 Å². The third-order valence-electron chi connectivity index (χ3n) is 4.25. The van der Waals surface area contributed by atoms with Gasteiger partial charge in [0.2, 0.25) is 0 Å². The largest absolute Gasteiger partial charge is 0.478 e. The normalized spacial score (nSPS) is 10.9.